The van der Waals surface area contributed by atoms with Crippen LogP contribution in [0.15, 0.2) is 0 Å². The predicted octanol–water partition coefficient (Wildman–Crippen LogP) is 2.85. The topological polar surface area (TPSA) is 38.3 Å². The molecular weight excluding hydrogens is 178 g/mol. The van der Waals surface area contributed by atoms with Gasteiger partial charge in [0.05, 0.1) is 6.54 Å². The quantitative estimate of drug-likeness (QED) is 0.668. The van der Waals surface area contributed by atoms with Crippen molar-refractivity contribution >= 4 is 6.09 Å². The fourth-order valence-electron chi connectivity index (χ4n) is 1.80. The van der Waals surface area contributed by atoms with E-state index < -0.39 is 0 Å². The maximum absolute atomic E-state index is 10.9. The Morgan fingerprint density at radius 2 is 2.07 bits per heavy atom. The van der Waals surface area contributed by atoms with E-state index in [0.29, 0.717) is 6.54 Å². The van der Waals surface area contributed by atoms with Gasteiger partial charge in [-0.05, 0) is 19.8 Å². The summed E-state index contributed by atoms with van der Waals surface area (Å²) in [5.41, 5.74) is -0.247. The Bertz CT molecular complexity index is 194. The van der Waals surface area contributed by atoms with Gasteiger partial charge in [-0.1, -0.05) is 32.6 Å². The van der Waals surface area contributed by atoms with Gasteiger partial charge >= 0.3 is 6.09 Å². The van der Waals surface area contributed by atoms with Gasteiger partial charge in [-0.25, -0.2) is 4.79 Å². The lowest BCUT2D eigenvalue weighted by Crippen LogP contribution is -2.28. The van der Waals surface area contributed by atoms with Gasteiger partial charge in [0.2, 0.25) is 0 Å². The number of alkyl carbamates (subject to hydrolysis) is 1. The number of amides is 1. The normalized spacial score (nSPS) is 26.0. The molecule has 0 bridgehead atoms. The molecule has 1 atom stereocenters. The maximum Gasteiger partial charge on any atom is 0.407 e. The molecule has 82 valence electrons. The van der Waals surface area contributed by atoms with Crippen LogP contribution in [0, 0.1) is 0 Å². The van der Waals surface area contributed by atoms with Crippen molar-refractivity contribution in [3.05, 3.63) is 0 Å². The number of hydrogen-bond donors (Lipinski definition) is 1. The first-order valence-electron chi connectivity index (χ1n) is 5.63. The van der Waals surface area contributed by atoms with E-state index in [1.165, 1.54) is 25.7 Å². The summed E-state index contributed by atoms with van der Waals surface area (Å²) in [4.78, 5) is 10.9. The van der Waals surface area contributed by atoms with Crippen molar-refractivity contribution < 1.29 is 9.53 Å². The van der Waals surface area contributed by atoms with Gasteiger partial charge in [-0.3, -0.25) is 0 Å². The number of rotatable bonds is 6. The van der Waals surface area contributed by atoms with Gasteiger partial charge in [-0.2, -0.15) is 0 Å². The molecule has 3 nitrogen and oxygen atoms in total. The van der Waals surface area contributed by atoms with Gasteiger partial charge in [0.15, 0.2) is 0 Å². The Balaban J connectivity index is 2.08. The predicted molar refractivity (Wildman–Crippen MR) is 56.3 cm³/mol. The van der Waals surface area contributed by atoms with Crippen molar-refractivity contribution in [3.8, 4) is 0 Å². The average Bonchev–Trinajstić information content (AvgIpc) is 2.47. The summed E-state index contributed by atoms with van der Waals surface area (Å²) < 4.78 is 5.21. The van der Waals surface area contributed by atoms with Crippen molar-refractivity contribution in [1.82, 2.24) is 5.32 Å². The molecule has 0 spiro atoms. The molecule has 0 aromatic heterocycles. The Morgan fingerprint density at radius 3 is 2.64 bits per heavy atom. The minimum atomic E-state index is -0.263. The molecule has 1 unspecified atom stereocenters. The number of carbonyl (C=O) groups is 1. The third-order valence-corrected chi connectivity index (χ3v) is 2.75. The second-order valence-corrected chi connectivity index (χ2v) is 4.36. The number of cyclic esters (lactones) is 1. The first-order valence-corrected chi connectivity index (χ1v) is 5.63. The summed E-state index contributed by atoms with van der Waals surface area (Å²) in [5, 5.41) is 2.70. The Kier molecular flexibility index (Phi) is 4.23. The van der Waals surface area contributed by atoms with E-state index in [1.54, 1.807) is 0 Å². The van der Waals surface area contributed by atoms with Gasteiger partial charge in [0.1, 0.15) is 5.60 Å². The lowest BCUT2D eigenvalue weighted by Gasteiger charge is -2.20. The zero-order valence-electron chi connectivity index (χ0n) is 9.27. The van der Waals surface area contributed by atoms with Crippen LogP contribution in [0.3, 0.4) is 0 Å². The van der Waals surface area contributed by atoms with E-state index in [9.17, 15) is 4.79 Å². The van der Waals surface area contributed by atoms with E-state index in [-0.39, 0.29) is 11.7 Å². The molecule has 0 aromatic carbocycles. The van der Waals surface area contributed by atoms with E-state index >= 15 is 0 Å². The standard InChI is InChI=1S/C11H21NO2/c1-3-4-5-6-7-8-11(2)9-12-10(13)14-11/h3-9H2,1-2H3,(H,12,13). The van der Waals surface area contributed by atoms with Crippen LogP contribution in [-0.4, -0.2) is 18.2 Å². The molecule has 1 heterocycles. The van der Waals surface area contributed by atoms with Crippen LogP contribution < -0.4 is 5.32 Å². The van der Waals surface area contributed by atoms with Crippen LogP contribution in [-0.2, 0) is 4.74 Å². The zero-order valence-corrected chi connectivity index (χ0v) is 9.27. The van der Waals surface area contributed by atoms with E-state index in [2.05, 4.69) is 12.2 Å². The Labute approximate surface area is 86.2 Å². The van der Waals surface area contributed by atoms with Gasteiger partial charge in [0.25, 0.3) is 0 Å². The molecule has 1 amide bonds. The number of unbranched alkanes of at least 4 members (excludes halogenated alkanes) is 4. The molecule has 0 saturated carbocycles. The number of carbonyl (C=O) groups excluding carboxylic acids is 1. The highest BCUT2D eigenvalue weighted by Gasteiger charge is 2.34. The molecule has 1 rings (SSSR count). The van der Waals surface area contributed by atoms with Crippen LogP contribution in [0.5, 0.6) is 0 Å². The van der Waals surface area contributed by atoms with Crippen LogP contribution in [0.4, 0.5) is 4.79 Å². The van der Waals surface area contributed by atoms with Crippen molar-refractivity contribution in [2.24, 2.45) is 0 Å². The SMILES string of the molecule is CCCCCCCC1(C)CNC(=O)O1. The fourth-order valence-corrected chi connectivity index (χ4v) is 1.80. The van der Waals surface area contributed by atoms with Crippen molar-refractivity contribution in [2.45, 2.75) is 58.0 Å². The second-order valence-electron chi connectivity index (χ2n) is 4.36. The molecule has 1 aliphatic rings. The van der Waals surface area contributed by atoms with Crippen LogP contribution in [0.2, 0.25) is 0 Å². The summed E-state index contributed by atoms with van der Waals surface area (Å²) in [6.07, 6.45) is 7.01. The third kappa shape index (κ3) is 3.56. The summed E-state index contributed by atoms with van der Waals surface area (Å²) in [5.74, 6) is 0. The molecule has 1 N–H and O–H groups in total. The molecule has 0 radical (unpaired) electrons. The summed E-state index contributed by atoms with van der Waals surface area (Å²) in [6.45, 7) is 4.88. The molecule has 1 fully saturated rings. The molecule has 0 aromatic rings. The first kappa shape index (κ1) is 11.3. The molecule has 3 heteroatoms. The van der Waals surface area contributed by atoms with Crippen molar-refractivity contribution in [2.75, 3.05) is 6.54 Å². The smallest absolute Gasteiger partial charge is 0.407 e. The van der Waals surface area contributed by atoms with Gasteiger partial charge in [-0.15, -0.1) is 0 Å². The first-order chi connectivity index (χ1) is 6.66. The fraction of sp³-hybridized carbons (Fsp3) is 0.909. The lowest BCUT2D eigenvalue weighted by molar-refractivity contribution is 0.0629. The molecule has 1 saturated heterocycles. The molecule has 0 aliphatic carbocycles. The molecule has 1 aliphatic heterocycles. The minimum Gasteiger partial charge on any atom is -0.441 e. The third-order valence-electron chi connectivity index (χ3n) is 2.75. The minimum absolute atomic E-state index is 0.247. The number of nitrogens with one attached hydrogen (secondary N) is 1. The van der Waals surface area contributed by atoms with E-state index in [0.717, 1.165) is 12.8 Å². The van der Waals surface area contributed by atoms with Crippen LogP contribution >= 0.6 is 0 Å². The van der Waals surface area contributed by atoms with Crippen LogP contribution in [0.1, 0.15) is 52.4 Å². The molecule has 14 heavy (non-hydrogen) atoms. The number of ether oxygens (including phenoxy) is 1. The van der Waals surface area contributed by atoms with Crippen LogP contribution in [0.25, 0.3) is 0 Å². The zero-order chi connectivity index (χ0) is 10.4. The Hall–Kier alpha value is -0.730. The maximum atomic E-state index is 10.9. The van der Waals surface area contributed by atoms with Gasteiger partial charge < -0.3 is 10.1 Å². The largest absolute Gasteiger partial charge is 0.441 e. The lowest BCUT2D eigenvalue weighted by atomic mass is 9.98. The summed E-state index contributed by atoms with van der Waals surface area (Å²) in [7, 11) is 0. The highest BCUT2D eigenvalue weighted by molar-refractivity contribution is 5.70. The monoisotopic (exact) mass is 199 g/mol. The van der Waals surface area contributed by atoms with Gasteiger partial charge in [0, 0.05) is 0 Å². The highest BCUT2D eigenvalue weighted by atomic mass is 16.6. The number of hydrogen-bond acceptors (Lipinski definition) is 2. The average molecular weight is 199 g/mol. The Morgan fingerprint density at radius 1 is 1.36 bits per heavy atom. The summed E-state index contributed by atoms with van der Waals surface area (Å²) >= 11 is 0. The molecular formula is C11H21NO2. The van der Waals surface area contributed by atoms with E-state index in [1.807, 2.05) is 6.92 Å². The second kappa shape index (κ2) is 5.23. The van der Waals surface area contributed by atoms with Crippen molar-refractivity contribution in [3.63, 3.8) is 0 Å². The highest BCUT2D eigenvalue weighted by Crippen LogP contribution is 2.22. The summed E-state index contributed by atoms with van der Waals surface area (Å²) in [6, 6.07) is 0. The van der Waals surface area contributed by atoms with Crippen molar-refractivity contribution in [1.29, 1.82) is 0 Å². The van der Waals surface area contributed by atoms with E-state index in [4.69, 9.17) is 4.74 Å².